The lowest BCUT2D eigenvalue weighted by atomic mass is 10.0. The molecule has 2 heterocycles. The van der Waals surface area contributed by atoms with E-state index in [-0.39, 0.29) is 11.8 Å². The molecule has 1 N–H and O–H groups in total. The van der Waals surface area contributed by atoms with Crippen LogP contribution in [0.5, 0.6) is 11.5 Å². The van der Waals surface area contributed by atoms with Crippen LogP contribution in [-0.2, 0) is 4.79 Å². The molecule has 9 heteroatoms. The van der Waals surface area contributed by atoms with Crippen LogP contribution >= 0.6 is 11.6 Å². The lowest BCUT2D eigenvalue weighted by molar-refractivity contribution is -0.117. The predicted octanol–water partition coefficient (Wildman–Crippen LogP) is 4.33. The van der Waals surface area contributed by atoms with Crippen molar-refractivity contribution in [2.75, 3.05) is 14.2 Å². The zero-order chi connectivity index (χ0) is 22.4. The number of nitrogens with one attached hydrogen (secondary N) is 1. The summed E-state index contributed by atoms with van der Waals surface area (Å²) in [4.78, 5) is 21.0. The molecule has 3 rings (SSSR count). The molecule has 3 aromatic rings. The third-order valence-electron chi connectivity index (χ3n) is 4.49. The third-order valence-corrected chi connectivity index (χ3v) is 4.77. The molecular formula is C22H23ClN4O4. The number of amides is 1. The largest absolute Gasteiger partial charge is 0.493 e. The van der Waals surface area contributed by atoms with Crippen LogP contribution < -0.4 is 14.8 Å². The first kappa shape index (κ1) is 22.3. The van der Waals surface area contributed by atoms with Gasteiger partial charge in [0.1, 0.15) is 6.04 Å². The minimum atomic E-state index is -0.450. The Hall–Kier alpha value is -3.39. The predicted molar refractivity (Wildman–Crippen MR) is 117 cm³/mol. The van der Waals surface area contributed by atoms with Gasteiger partial charge in [-0.15, -0.1) is 0 Å². The highest BCUT2D eigenvalue weighted by molar-refractivity contribution is 6.32. The summed E-state index contributed by atoms with van der Waals surface area (Å²) in [7, 11) is 3.03. The molecule has 2 aromatic heterocycles. The molecule has 31 heavy (non-hydrogen) atoms. The summed E-state index contributed by atoms with van der Waals surface area (Å²) in [5.41, 5.74) is 1.47. The minimum Gasteiger partial charge on any atom is -0.493 e. The van der Waals surface area contributed by atoms with Gasteiger partial charge in [-0.1, -0.05) is 30.6 Å². The van der Waals surface area contributed by atoms with Gasteiger partial charge >= 0.3 is 0 Å². The topological polar surface area (TPSA) is 99.4 Å². The van der Waals surface area contributed by atoms with E-state index in [0.717, 1.165) is 5.56 Å². The van der Waals surface area contributed by atoms with Gasteiger partial charge in [0, 0.05) is 24.0 Å². The van der Waals surface area contributed by atoms with Crippen molar-refractivity contribution in [3.05, 3.63) is 59.2 Å². The van der Waals surface area contributed by atoms with Crippen LogP contribution in [0.15, 0.2) is 47.3 Å². The maximum absolute atomic E-state index is 12.6. The van der Waals surface area contributed by atoms with Gasteiger partial charge in [0.2, 0.25) is 17.6 Å². The number of pyridine rings is 1. The number of hydrogen-bond acceptors (Lipinski definition) is 7. The van der Waals surface area contributed by atoms with E-state index < -0.39 is 6.04 Å². The van der Waals surface area contributed by atoms with Gasteiger partial charge in [-0.2, -0.15) is 4.98 Å². The van der Waals surface area contributed by atoms with Crippen molar-refractivity contribution in [3.8, 4) is 22.9 Å². The van der Waals surface area contributed by atoms with Gasteiger partial charge < -0.3 is 19.3 Å². The highest BCUT2D eigenvalue weighted by Gasteiger charge is 2.24. The summed E-state index contributed by atoms with van der Waals surface area (Å²) in [5.74, 6) is 1.40. The van der Waals surface area contributed by atoms with Gasteiger partial charge in [-0.05, 0) is 41.8 Å². The van der Waals surface area contributed by atoms with E-state index in [1.165, 1.54) is 20.3 Å². The van der Waals surface area contributed by atoms with E-state index in [9.17, 15) is 4.79 Å². The number of ether oxygens (including phenoxy) is 2. The number of methoxy groups -OCH3 is 2. The number of nitrogens with zero attached hydrogens (tertiary/aromatic N) is 3. The first-order valence-corrected chi connectivity index (χ1v) is 9.94. The average molecular weight is 443 g/mol. The van der Waals surface area contributed by atoms with E-state index in [1.807, 2.05) is 13.8 Å². The monoisotopic (exact) mass is 442 g/mol. The highest BCUT2D eigenvalue weighted by Crippen LogP contribution is 2.36. The molecule has 1 unspecified atom stereocenters. The summed E-state index contributed by atoms with van der Waals surface area (Å²) in [6.45, 7) is 3.91. The summed E-state index contributed by atoms with van der Waals surface area (Å²) >= 11 is 6.22. The number of hydrogen-bond donors (Lipinski definition) is 1. The van der Waals surface area contributed by atoms with Crippen LogP contribution in [0.2, 0.25) is 5.02 Å². The molecule has 0 bridgehead atoms. The zero-order valence-corrected chi connectivity index (χ0v) is 18.4. The van der Waals surface area contributed by atoms with Gasteiger partial charge in [-0.3, -0.25) is 9.78 Å². The normalized spacial score (nSPS) is 12.2. The Kier molecular flexibility index (Phi) is 7.25. The van der Waals surface area contributed by atoms with Crippen LogP contribution in [0.4, 0.5) is 0 Å². The van der Waals surface area contributed by atoms with Crippen molar-refractivity contribution in [1.82, 2.24) is 20.4 Å². The van der Waals surface area contributed by atoms with Gasteiger partial charge in [0.05, 0.1) is 19.2 Å². The molecule has 0 aliphatic heterocycles. The Balaban J connectivity index is 1.75. The number of rotatable bonds is 8. The molecule has 0 aliphatic rings. The molecule has 1 atom stereocenters. The smallest absolute Gasteiger partial charge is 0.249 e. The molecule has 0 fully saturated rings. The third kappa shape index (κ3) is 5.40. The zero-order valence-electron chi connectivity index (χ0n) is 17.6. The standard InChI is InChI=1S/C22H23ClN4O4/c1-13(2)19(22-26-21(27-31-22)15-7-9-24-10-8-15)25-18(28)6-5-14-11-16(23)20(30-4)17(12-14)29-3/h5-13,19H,1-4H3,(H,25,28)/b6-5+. The summed E-state index contributed by atoms with van der Waals surface area (Å²) in [6, 6.07) is 6.54. The maximum atomic E-state index is 12.6. The van der Waals surface area contributed by atoms with Crippen molar-refractivity contribution < 1.29 is 18.8 Å². The minimum absolute atomic E-state index is 0.0265. The molecule has 8 nitrogen and oxygen atoms in total. The fraction of sp³-hybridized carbons (Fsp3) is 0.273. The van der Waals surface area contributed by atoms with Crippen molar-refractivity contribution >= 4 is 23.6 Å². The lowest BCUT2D eigenvalue weighted by Gasteiger charge is -2.17. The van der Waals surface area contributed by atoms with E-state index >= 15 is 0 Å². The number of aromatic nitrogens is 3. The van der Waals surface area contributed by atoms with Crippen LogP contribution in [0.1, 0.15) is 31.3 Å². The first-order valence-electron chi connectivity index (χ1n) is 9.57. The molecule has 162 valence electrons. The number of carbonyl (C=O) groups is 1. The summed E-state index contributed by atoms with van der Waals surface area (Å²) in [6.07, 6.45) is 6.35. The molecule has 0 spiro atoms. The molecule has 1 amide bonds. The quantitative estimate of drug-likeness (QED) is 0.518. The van der Waals surface area contributed by atoms with E-state index in [0.29, 0.717) is 33.8 Å². The molecule has 0 saturated heterocycles. The van der Waals surface area contributed by atoms with Gasteiger partial charge in [0.25, 0.3) is 0 Å². The average Bonchev–Trinajstić information content (AvgIpc) is 3.25. The second kappa shape index (κ2) is 10.1. The second-order valence-electron chi connectivity index (χ2n) is 6.99. The van der Waals surface area contributed by atoms with Gasteiger partial charge in [-0.25, -0.2) is 0 Å². The van der Waals surface area contributed by atoms with Crippen molar-refractivity contribution in [1.29, 1.82) is 0 Å². The van der Waals surface area contributed by atoms with Crippen LogP contribution in [0, 0.1) is 5.92 Å². The second-order valence-corrected chi connectivity index (χ2v) is 7.40. The summed E-state index contributed by atoms with van der Waals surface area (Å²) < 4.78 is 15.9. The van der Waals surface area contributed by atoms with Crippen LogP contribution in [0.25, 0.3) is 17.5 Å². The molecule has 1 aromatic carbocycles. The van der Waals surface area contributed by atoms with Crippen molar-refractivity contribution in [2.45, 2.75) is 19.9 Å². The lowest BCUT2D eigenvalue weighted by Crippen LogP contribution is -2.30. The SMILES string of the molecule is COc1cc(/C=C/C(=O)NC(c2nc(-c3ccncc3)no2)C(C)C)cc(Cl)c1OC. The van der Waals surface area contributed by atoms with Crippen molar-refractivity contribution in [3.63, 3.8) is 0 Å². The fourth-order valence-corrected chi connectivity index (χ4v) is 3.20. The fourth-order valence-electron chi connectivity index (χ4n) is 2.90. The first-order chi connectivity index (χ1) is 14.9. The Morgan fingerprint density at radius 2 is 1.94 bits per heavy atom. The molecule has 0 aliphatic carbocycles. The van der Waals surface area contributed by atoms with Crippen molar-refractivity contribution in [2.24, 2.45) is 5.92 Å². The molecular weight excluding hydrogens is 420 g/mol. The van der Waals surface area contributed by atoms with Crippen LogP contribution in [-0.4, -0.2) is 35.3 Å². The molecule has 0 radical (unpaired) electrons. The van der Waals surface area contributed by atoms with E-state index in [1.54, 1.807) is 42.7 Å². The number of halogens is 1. The number of carbonyl (C=O) groups excluding carboxylic acids is 1. The Morgan fingerprint density at radius 1 is 1.19 bits per heavy atom. The van der Waals surface area contributed by atoms with Crippen LogP contribution in [0.3, 0.4) is 0 Å². The Labute approximate surface area is 185 Å². The highest BCUT2D eigenvalue weighted by atomic mass is 35.5. The summed E-state index contributed by atoms with van der Waals surface area (Å²) in [5, 5.41) is 7.31. The maximum Gasteiger partial charge on any atom is 0.249 e. The Morgan fingerprint density at radius 3 is 2.58 bits per heavy atom. The molecule has 0 saturated carbocycles. The van der Waals surface area contributed by atoms with E-state index in [2.05, 4.69) is 20.4 Å². The van der Waals surface area contributed by atoms with E-state index in [4.69, 9.17) is 25.6 Å². The number of benzene rings is 1. The van der Waals surface area contributed by atoms with Gasteiger partial charge in [0.15, 0.2) is 11.5 Å². The Bertz CT molecular complexity index is 1070.